The lowest BCUT2D eigenvalue weighted by atomic mass is 9.81. The minimum Gasteiger partial charge on any atom is -0.295 e. The predicted molar refractivity (Wildman–Crippen MR) is 84.5 cm³/mol. The van der Waals surface area contributed by atoms with E-state index in [1.807, 2.05) is 12.1 Å². The van der Waals surface area contributed by atoms with Crippen LogP contribution in [0.5, 0.6) is 0 Å². The van der Waals surface area contributed by atoms with Gasteiger partial charge in [-0.2, -0.15) is 5.10 Å². The van der Waals surface area contributed by atoms with Crippen LogP contribution in [-0.2, 0) is 6.54 Å². The number of rotatable bonds is 5. The highest BCUT2D eigenvalue weighted by molar-refractivity contribution is 5.35. The number of aromatic nitrogens is 3. The van der Waals surface area contributed by atoms with Crippen molar-refractivity contribution in [2.24, 2.45) is 17.8 Å². The highest BCUT2D eigenvalue weighted by atomic mass is 19.1. The average Bonchev–Trinajstić information content (AvgIpc) is 3.45. The normalized spacial score (nSPS) is 27.9. The zero-order valence-electron chi connectivity index (χ0n) is 13.1. The molecular formula is C18H21FN4. The number of hydrogen-bond acceptors (Lipinski definition) is 3. The molecule has 0 amide bonds. The molecule has 0 spiro atoms. The van der Waals surface area contributed by atoms with Crippen LogP contribution >= 0.6 is 0 Å². The van der Waals surface area contributed by atoms with E-state index in [0.717, 1.165) is 35.9 Å². The van der Waals surface area contributed by atoms with Crippen molar-refractivity contribution in [2.45, 2.75) is 38.3 Å². The molecule has 2 atom stereocenters. The lowest BCUT2D eigenvalue weighted by Crippen LogP contribution is -2.57. The van der Waals surface area contributed by atoms with Crippen LogP contribution in [-0.4, -0.2) is 32.3 Å². The molecule has 3 aliphatic rings. The van der Waals surface area contributed by atoms with Crippen LogP contribution in [0.1, 0.15) is 31.2 Å². The molecule has 1 aromatic heterocycles. The maximum Gasteiger partial charge on any atom is 0.149 e. The molecule has 2 saturated carbocycles. The number of benzene rings is 1. The molecule has 120 valence electrons. The van der Waals surface area contributed by atoms with E-state index in [4.69, 9.17) is 0 Å². The van der Waals surface area contributed by atoms with Gasteiger partial charge >= 0.3 is 0 Å². The maximum atomic E-state index is 14.4. The first-order valence-corrected chi connectivity index (χ1v) is 8.67. The summed E-state index contributed by atoms with van der Waals surface area (Å²) in [6, 6.07) is 6.25. The molecule has 23 heavy (non-hydrogen) atoms. The van der Waals surface area contributed by atoms with Gasteiger partial charge in [0.1, 0.15) is 24.2 Å². The summed E-state index contributed by atoms with van der Waals surface area (Å²) in [7, 11) is 0. The molecule has 1 saturated heterocycles. The van der Waals surface area contributed by atoms with E-state index in [9.17, 15) is 4.39 Å². The fourth-order valence-corrected chi connectivity index (χ4v) is 4.24. The summed E-state index contributed by atoms with van der Waals surface area (Å²) in [5.74, 6) is 2.59. The second-order valence-electron chi connectivity index (χ2n) is 7.38. The van der Waals surface area contributed by atoms with Crippen molar-refractivity contribution in [3.63, 3.8) is 0 Å². The molecule has 2 aliphatic carbocycles. The summed E-state index contributed by atoms with van der Waals surface area (Å²) < 4.78 is 15.8. The van der Waals surface area contributed by atoms with Gasteiger partial charge in [0.25, 0.3) is 0 Å². The first-order valence-electron chi connectivity index (χ1n) is 8.67. The van der Waals surface area contributed by atoms with E-state index in [0.29, 0.717) is 5.69 Å². The van der Waals surface area contributed by atoms with Crippen LogP contribution in [0, 0.1) is 23.6 Å². The van der Waals surface area contributed by atoms with Crippen molar-refractivity contribution in [1.29, 1.82) is 0 Å². The first kappa shape index (κ1) is 13.7. The van der Waals surface area contributed by atoms with Gasteiger partial charge in [-0.25, -0.2) is 14.1 Å². The Balaban J connectivity index is 1.32. The number of halogens is 1. The zero-order valence-corrected chi connectivity index (χ0v) is 13.1. The minimum atomic E-state index is -0.227. The molecule has 2 unspecified atom stereocenters. The highest BCUT2D eigenvalue weighted by Gasteiger charge is 2.52. The maximum absolute atomic E-state index is 14.4. The lowest BCUT2D eigenvalue weighted by molar-refractivity contribution is -0.0190. The number of hydrogen-bond donors (Lipinski definition) is 0. The van der Waals surface area contributed by atoms with Gasteiger partial charge in [0.2, 0.25) is 0 Å². The Morgan fingerprint density at radius 1 is 1.13 bits per heavy atom. The van der Waals surface area contributed by atoms with Gasteiger partial charge < -0.3 is 0 Å². The average molecular weight is 312 g/mol. The molecular weight excluding hydrogens is 291 g/mol. The second-order valence-corrected chi connectivity index (χ2v) is 7.38. The summed E-state index contributed by atoms with van der Waals surface area (Å²) in [6.45, 7) is 2.08. The summed E-state index contributed by atoms with van der Waals surface area (Å²) in [6.07, 6.45) is 8.60. The van der Waals surface area contributed by atoms with E-state index in [1.165, 1.54) is 49.6 Å². The summed E-state index contributed by atoms with van der Waals surface area (Å²) in [4.78, 5) is 6.45. The summed E-state index contributed by atoms with van der Waals surface area (Å²) >= 11 is 0. The van der Waals surface area contributed by atoms with Gasteiger partial charge in [-0.1, -0.05) is 6.07 Å². The van der Waals surface area contributed by atoms with Crippen molar-refractivity contribution in [3.05, 3.63) is 42.2 Å². The van der Waals surface area contributed by atoms with Crippen LogP contribution in [0.25, 0.3) is 5.69 Å². The van der Waals surface area contributed by atoms with E-state index < -0.39 is 0 Å². The molecule has 5 heteroatoms. The van der Waals surface area contributed by atoms with Gasteiger partial charge in [0.05, 0.1) is 0 Å². The van der Waals surface area contributed by atoms with Crippen LogP contribution < -0.4 is 0 Å². The van der Waals surface area contributed by atoms with Crippen LogP contribution in [0.4, 0.5) is 4.39 Å². The molecule has 1 aliphatic heterocycles. The zero-order chi connectivity index (χ0) is 15.4. The molecule has 1 aromatic carbocycles. The van der Waals surface area contributed by atoms with E-state index in [2.05, 4.69) is 15.0 Å². The van der Waals surface area contributed by atoms with Crippen molar-refractivity contribution in [3.8, 4) is 5.69 Å². The molecule has 3 fully saturated rings. The number of nitrogens with zero attached hydrogens (tertiary/aromatic N) is 4. The Labute approximate surface area is 135 Å². The lowest BCUT2D eigenvalue weighted by Gasteiger charge is -2.49. The van der Waals surface area contributed by atoms with Gasteiger partial charge in [-0.3, -0.25) is 4.90 Å². The van der Waals surface area contributed by atoms with E-state index >= 15 is 0 Å². The Bertz CT molecular complexity index is 706. The second kappa shape index (κ2) is 5.13. The largest absolute Gasteiger partial charge is 0.295 e. The molecule has 0 N–H and O–H groups in total. The molecule has 0 radical (unpaired) electrons. The molecule has 4 nitrogen and oxygen atoms in total. The molecule has 5 rings (SSSR count). The highest BCUT2D eigenvalue weighted by Crippen LogP contribution is 2.52. The fourth-order valence-electron chi connectivity index (χ4n) is 4.24. The fraction of sp³-hybridized carbons (Fsp3) is 0.556. The van der Waals surface area contributed by atoms with Crippen LogP contribution in [0.3, 0.4) is 0 Å². The van der Waals surface area contributed by atoms with E-state index in [-0.39, 0.29) is 5.82 Å². The SMILES string of the molecule is Fc1cc(CN2CC(C3CC3)C2C2CC2)ccc1-n1cncn1. The minimum absolute atomic E-state index is 0.227. The van der Waals surface area contributed by atoms with Gasteiger partial charge in [-0.15, -0.1) is 0 Å². The third-order valence-electron chi connectivity index (χ3n) is 5.70. The molecule has 2 heterocycles. The Morgan fingerprint density at radius 2 is 1.96 bits per heavy atom. The van der Waals surface area contributed by atoms with E-state index in [1.54, 1.807) is 6.07 Å². The molecule has 2 aromatic rings. The standard InChI is InChI=1S/C18H21FN4/c19-16-7-12(1-6-17(16)23-11-20-10-21-23)8-22-9-15(13-2-3-13)18(22)14-4-5-14/h1,6-7,10-11,13-15,18H,2-5,8-9H2. The van der Waals surface area contributed by atoms with Crippen LogP contribution in [0.15, 0.2) is 30.9 Å². The first-order chi connectivity index (χ1) is 11.3. The topological polar surface area (TPSA) is 34.0 Å². The van der Waals surface area contributed by atoms with Gasteiger partial charge in [-0.05, 0) is 61.1 Å². The van der Waals surface area contributed by atoms with Crippen molar-refractivity contribution in [1.82, 2.24) is 19.7 Å². The van der Waals surface area contributed by atoms with Crippen molar-refractivity contribution >= 4 is 0 Å². The summed E-state index contributed by atoms with van der Waals surface area (Å²) in [5.41, 5.74) is 1.52. The van der Waals surface area contributed by atoms with Crippen LogP contribution in [0.2, 0.25) is 0 Å². The Hall–Kier alpha value is -1.75. The third kappa shape index (κ3) is 2.47. The Kier molecular flexibility index (Phi) is 3.05. The molecule has 0 bridgehead atoms. The quantitative estimate of drug-likeness (QED) is 0.851. The van der Waals surface area contributed by atoms with Gasteiger partial charge in [0, 0.05) is 19.1 Å². The van der Waals surface area contributed by atoms with Crippen molar-refractivity contribution < 1.29 is 4.39 Å². The summed E-state index contributed by atoms with van der Waals surface area (Å²) in [5, 5.41) is 4.00. The number of likely N-dealkylation sites (tertiary alicyclic amines) is 1. The Morgan fingerprint density at radius 3 is 2.61 bits per heavy atom. The van der Waals surface area contributed by atoms with Gasteiger partial charge in [0.15, 0.2) is 0 Å². The predicted octanol–water partition coefficient (Wildman–Crippen LogP) is 3.03. The van der Waals surface area contributed by atoms with Crippen molar-refractivity contribution in [2.75, 3.05) is 6.54 Å². The smallest absolute Gasteiger partial charge is 0.149 e. The third-order valence-corrected chi connectivity index (χ3v) is 5.70. The monoisotopic (exact) mass is 312 g/mol.